The van der Waals surface area contributed by atoms with Gasteiger partial charge in [-0.3, -0.25) is 0 Å². The van der Waals surface area contributed by atoms with E-state index in [1.165, 1.54) is 0 Å². The Balaban J connectivity index is 0.00000133. The molecule has 1 atom stereocenters. The van der Waals surface area contributed by atoms with E-state index in [2.05, 4.69) is 0 Å². The zero-order valence-electron chi connectivity index (χ0n) is 10.9. The van der Waals surface area contributed by atoms with Gasteiger partial charge >= 0.3 is 33.8 Å². The predicted molar refractivity (Wildman–Crippen MR) is 71.9 cm³/mol. The Labute approximate surface area is 154 Å². The van der Waals surface area contributed by atoms with Crippen molar-refractivity contribution in [3.63, 3.8) is 0 Å². The molecule has 2 aromatic carbocycles. The van der Waals surface area contributed by atoms with Gasteiger partial charge in [-0.25, -0.2) is 4.57 Å². The second-order valence-corrected chi connectivity index (χ2v) is 5.96. The van der Waals surface area contributed by atoms with Crippen molar-refractivity contribution in [1.82, 2.24) is 0 Å². The molecule has 1 aliphatic rings. The maximum absolute atomic E-state index is 12.2. The van der Waals surface area contributed by atoms with E-state index < -0.39 is 7.60 Å². The summed E-state index contributed by atoms with van der Waals surface area (Å²) in [5.74, 6) is 0.533. The van der Waals surface area contributed by atoms with Crippen LogP contribution in [0.3, 0.4) is 0 Å². The average molecular weight is 421 g/mol. The number of hydrogen-bond acceptors (Lipinski definition) is 2. The summed E-state index contributed by atoms with van der Waals surface area (Å²) in [7, 11) is -3.77. The van der Waals surface area contributed by atoms with Gasteiger partial charge in [0.05, 0.1) is 0 Å². The van der Waals surface area contributed by atoms with Crippen molar-refractivity contribution < 1.29 is 65.0 Å². The minimum absolute atomic E-state index is 0. The molecule has 0 amide bonds. The van der Waals surface area contributed by atoms with Crippen molar-refractivity contribution in [2.75, 3.05) is 0 Å². The molecular formula is C14H12Cl2O3PZr. The first kappa shape index (κ1) is 20.8. The maximum Gasteiger partial charge on any atom is 3.00 e. The summed E-state index contributed by atoms with van der Waals surface area (Å²) in [6, 6.07) is 11.0. The van der Waals surface area contributed by atoms with Crippen LogP contribution >= 0.6 is 7.60 Å². The summed E-state index contributed by atoms with van der Waals surface area (Å²) in [4.78, 5) is 10.0. The predicted octanol–water partition coefficient (Wildman–Crippen LogP) is -2.76. The van der Waals surface area contributed by atoms with Crippen LogP contribution in [0.2, 0.25) is 0 Å². The molecule has 3 nitrogen and oxygen atoms in total. The Bertz CT molecular complexity index is 676. The fourth-order valence-electron chi connectivity index (χ4n) is 2.00. The molecule has 1 N–H and O–H groups in total. The van der Waals surface area contributed by atoms with Crippen LogP contribution in [0.4, 0.5) is 0 Å². The molecule has 3 rings (SSSR count). The summed E-state index contributed by atoms with van der Waals surface area (Å²) < 4.78 is 17.4. The average Bonchev–Trinajstić information content (AvgIpc) is 2.96. The zero-order chi connectivity index (χ0) is 12.6. The van der Waals surface area contributed by atoms with Crippen LogP contribution in [-0.2, 0) is 35.3 Å². The minimum atomic E-state index is -3.77. The molecule has 0 heterocycles. The molecule has 21 heavy (non-hydrogen) atoms. The summed E-state index contributed by atoms with van der Waals surface area (Å²) >= 11 is 0. The third kappa shape index (κ3) is 4.61. The van der Waals surface area contributed by atoms with E-state index in [0.29, 0.717) is 17.5 Å². The first-order chi connectivity index (χ1) is 8.65. The van der Waals surface area contributed by atoms with Crippen LogP contribution in [0.1, 0.15) is 6.42 Å². The largest absolute Gasteiger partial charge is 3.00 e. The first-order valence-corrected chi connectivity index (χ1v) is 7.27. The van der Waals surface area contributed by atoms with Crippen molar-refractivity contribution in [1.29, 1.82) is 0 Å². The van der Waals surface area contributed by atoms with Gasteiger partial charge < -0.3 is 34.2 Å². The smallest absolute Gasteiger partial charge is 1.00 e. The van der Waals surface area contributed by atoms with Crippen molar-refractivity contribution >= 4 is 23.7 Å². The molecule has 2 aromatic rings. The maximum atomic E-state index is 12.2. The topological polar surface area (TPSA) is 46.5 Å². The van der Waals surface area contributed by atoms with Crippen LogP contribution in [0.5, 0.6) is 0 Å². The third-order valence-corrected chi connectivity index (χ3v) is 4.30. The molecule has 7 heteroatoms. The second-order valence-electron chi connectivity index (χ2n) is 4.22. The van der Waals surface area contributed by atoms with E-state index in [4.69, 9.17) is 4.52 Å². The van der Waals surface area contributed by atoms with E-state index in [-0.39, 0.29) is 51.0 Å². The van der Waals surface area contributed by atoms with E-state index >= 15 is 0 Å². The van der Waals surface area contributed by atoms with Crippen LogP contribution < -0.4 is 30.1 Å². The number of benzene rings is 1. The van der Waals surface area contributed by atoms with Crippen molar-refractivity contribution in [3.8, 4) is 0 Å². The number of allylic oxidation sites excluding steroid dienone is 3. The van der Waals surface area contributed by atoms with Gasteiger partial charge in [-0.1, -0.05) is 18.2 Å². The Morgan fingerprint density at radius 2 is 1.95 bits per heavy atom. The molecule has 0 saturated heterocycles. The van der Waals surface area contributed by atoms with Gasteiger partial charge in [-0.15, -0.1) is 35.0 Å². The molecule has 1 radical (unpaired) electrons. The Morgan fingerprint density at radius 3 is 2.57 bits per heavy atom. The van der Waals surface area contributed by atoms with Gasteiger partial charge in [0.15, 0.2) is 0 Å². The summed E-state index contributed by atoms with van der Waals surface area (Å²) in [5, 5.41) is 2.24. The molecule has 1 unspecified atom stereocenters. The van der Waals surface area contributed by atoms with E-state index in [1.54, 1.807) is 18.2 Å². The minimum Gasteiger partial charge on any atom is -1.00 e. The molecule has 0 aromatic heterocycles. The molecule has 0 fully saturated rings. The SMILES string of the molecule is O=P(O)(OC1=CC=CC1)c1cc2ccccc2[cH-]1.[Cl-].[Cl-].[Zr+3]. The van der Waals surface area contributed by atoms with Gasteiger partial charge in [0.1, 0.15) is 5.76 Å². The first-order valence-electron chi connectivity index (χ1n) is 5.69. The van der Waals surface area contributed by atoms with Gasteiger partial charge in [-0.05, 0) is 11.4 Å². The number of fused-ring (bicyclic) bond motifs is 1. The monoisotopic (exact) mass is 419 g/mol. The fraction of sp³-hybridized carbons (Fsp3) is 0.0714. The number of rotatable bonds is 3. The van der Waals surface area contributed by atoms with Crippen LogP contribution in [0, 0.1) is 0 Å². The Morgan fingerprint density at radius 1 is 1.24 bits per heavy atom. The quantitative estimate of drug-likeness (QED) is 0.432. The molecular weight excluding hydrogens is 409 g/mol. The molecule has 0 aliphatic heterocycles. The number of hydrogen-bond donors (Lipinski definition) is 1. The fourth-order valence-corrected chi connectivity index (χ4v) is 3.17. The molecule has 0 bridgehead atoms. The van der Waals surface area contributed by atoms with Crippen LogP contribution in [0.25, 0.3) is 10.8 Å². The van der Waals surface area contributed by atoms with Crippen LogP contribution in [0.15, 0.2) is 60.4 Å². The van der Waals surface area contributed by atoms with E-state index in [0.717, 1.165) is 10.8 Å². The van der Waals surface area contributed by atoms with E-state index in [9.17, 15) is 9.46 Å². The van der Waals surface area contributed by atoms with Crippen molar-refractivity contribution in [2.45, 2.75) is 6.42 Å². The second kappa shape index (κ2) is 8.41. The van der Waals surface area contributed by atoms with Crippen LogP contribution in [-0.4, -0.2) is 4.89 Å². The van der Waals surface area contributed by atoms with Gasteiger partial charge in [0.25, 0.3) is 0 Å². The van der Waals surface area contributed by atoms with Gasteiger partial charge in [-0.2, -0.15) is 6.07 Å². The molecule has 109 valence electrons. The zero-order valence-corrected chi connectivity index (χ0v) is 15.7. The third-order valence-electron chi connectivity index (χ3n) is 2.91. The summed E-state index contributed by atoms with van der Waals surface area (Å²) in [6.07, 6.45) is 5.99. The van der Waals surface area contributed by atoms with Gasteiger partial charge in [0, 0.05) is 6.42 Å². The number of halogens is 2. The Kier molecular flexibility index (Phi) is 8.32. The Hall–Kier alpha value is -0.237. The van der Waals surface area contributed by atoms with Crippen molar-refractivity contribution in [2.24, 2.45) is 0 Å². The molecule has 0 spiro atoms. The standard InChI is InChI=1S/C14H12O3P.2ClH.Zr/c15-18(16,17-13-7-3-4-8-13)14-9-11-5-1-2-6-12(11)10-14;;;/h1-7,9-10H,8H2,(H,15,16);2*1H;/q-1;;;+3/p-2. The molecule has 0 saturated carbocycles. The normalized spacial score (nSPS) is 15.2. The molecule has 1 aliphatic carbocycles. The summed E-state index contributed by atoms with van der Waals surface area (Å²) in [5.41, 5.74) is 0. The van der Waals surface area contributed by atoms with E-state index in [1.807, 2.05) is 36.4 Å². The van der Waals surface area contributed by atoms with Gasteiger partial charge in [0.2, 0.25) is 0 Å². The summed E-state index contributed by atoms with van der Waals surface area (Å²) in [6.45, 7) is 0. The van der Waals surface area contributed by atoms with Crippen molar-refractivity contribution in [3.05, 3.63) is 60.4 Å².